The molecule has 0 unspecified atom stereocenters. The van der Waals surface area contributed by atoms with Crippen LogP contribution in [0.15, 0.2) is 0 Å². The van der Waals surface area contributed by atoms with Crippen molar-refractivity contribution in [1.82, 2.24) is 5.32 Å². The molecule has 0 saturated carbocycles. The first-order valence-corrected chi connectivity index (χ1v) is 3.22. The maximum atomic E-state index is 10.7. The summed E-state index contributed by atoms with van der Waals surface area (Å²) in [6.07, 6.45) is -0.414. The van der Waals surface area contributed by atoms with Crippen LogP contribution in [0.1, 0.15) is 20.8 Å². The second-order valence-corrected chi connectivity index (χ2v) is 2.93. The molecule has 0 radical (unpaired) electrons. The standard InChI is InChI=1S/C7H14NO2.K/c1-5-8-6(9)10-7(2,3)4;/h1,5H2,2-4H3,(H,8,9);/q-1;+1. The number of rotatable bonds is 1. The Morgan fingerprint density at radius 3 is 2.27 bits per heavy atom. The molecule has 0 aromatic heterocycles. The fourth-order valence-corrected chi connectivity index (χ4v) is 0.416. The van der Waals surface area contributed by atoms with Gasteiger partial charge < -0.3 is 17.0 Å². The Bertz CT molecular complexity index is 120. The number of nitrogens with one attached hydrogen (secondary N) is 1. The van der Waals surface area contributed by atoms with Crippen molar-refractivity contribution in [2.75, 3.05) is 6.54 Å². The molecule has 0 saturated heterocycles. The molecule has 4 heteroatoms. The van der Waals surface area contributed by atoms with Gasteiger partial charge in [-0.05, 0) is 20.8 Å². The summed E-state index contributed by atoms with van der Waals surface area (Å²) >= 11 is 0. The van der Waals surface area contributed by atoms with Gasteiger partial charge in [0.25, 0.3) is 0 Å². The molecule has 0 fully saturated rings. The van der Waals surface area contributed by atoms with Gasteiger partial charge in [0.15, 0.2) is 0 Å². The van der Waals surface area contributed by atoms with E-state index in [-0.39, 0.29) is 51.4 Å². The van der Waals surface area contributed by atoms with Crippen LogP contribution in [0.3, 0.4) is 0 Å². The largest absolute Gasteiger partial charge is 1.00 e. The van der Waals surface area contributed by atoms with Gasteiger partial charge in [0, 0.05) is 0 Å². The minimum Gasteiger partial charge on any atom is -0.444 e. The first-order chi connectivity index (χ1) is 4.45. The summed E-state index contributed by atoms with van der Waals surface area (Å²) in [6.45, 7) is 9.25. The Kier molecular flexibility index (Phi) is 8.43. The summed E-state index contributed by atoms with van der Waals surface area (Å²) in [7, 11) is 0. The minimum atomic E-state index is -0.417. The fourth-order valence-electron chi connectivity index (χ4n) is 0.416. The van der Waals surface area contributed by atoms with Crippen molar-refractivity contribution in [3.8, 4) is 0 Å². The van der Waals surface area contributed by atoms with Crippen LogP contribution in [0, 0.1) is 6.92 Å². The van der Waals surface area contributed by atoms with Crippen molar-refractivity contribution < 1.29 is 60.9 Å². The van der Waals surface area contributed by atoms with Gasteiger partial charge in [0.2, 0.25) is 0 Å². The number of carbonyl (C=O) groups is 1. The molecule has 0 heterocycles. The van der Waals surface area contributed by atoms with E-state index in [1.807, 2.05) is 20.8 Å². The first-order valence-electron chi connectivity index (χ1n) is 3.22. The molecular weight excluding hydrogens is 169 g/mol. The summed E-state index contributed by atoms with van der Waals surface area (Å²) in [5.41, 5.74) is -0.417. The summed E-state index contributed by atoms with van der Waals surface area (Å²) in [5.74, 6) is 0. The molecule has 3 nitrogen and oxygen atoms in total. The van der Waals surface area contributed by atoms with Crippen LogP contribution >= 0.6 is 0 Å². The topological polar surface area (TPSA) is 38.3 Å². The maximum absolute atomic E-state index is 10.7. The fraction of sp³-hybridized carbons (Fsp3) is 0.714. The molecule has 0 bridgehead atoms. The number of hydrogen-bond acceptors (Lipinski definition) is 2. The van der Waals surface area contributed by atoms with Gasteiger partial charge in [-0.1, -0.05) is 0 Å². The Hall–Kier alpha value is 0.906. The molecule has 0 aromatic rings. The van der Waals surface area contributed by atoms with Gasteiger partial charge in [0.05, 0.1) is 0 Å². The van der Waals surface area contributed by atoms with E-state index in [2.05, 4.69) is 12.2 Å². The van der Waals surface area contributed by atoms with Crippen LogP contribution < -0.4 is 56.7 Å². The van der Waals surface area contributed by atoms with Crippen molar-refractivity contribution in [1.29, 1.82) is 0 Å². The zero-order valence-electron chi connectivity index (χ0n) is 7.73. The van der Waals surface area contributed by atoms with Crippen molar-refractivity contribution in [2.45, 2.75) is 26.4 Å². The quantitative estimate of drug-likeness (QED) is 0.391. The average Bonchev–Trinajstić information content (AvgIpc) is 1.59. The van der Waals surface area contributed by atoms with Gasteiger partial charge in [-0.15, -0.1) is 6.54 Å². The third kappa shape index (κ3) is 10.9. The van der Waals surface area contributed by atoms with Crippen LogP contribution in [0.5, 0.6) is 0 Å². The second-order valence-electron chi connectivity index (χ2n) is 2.93. The van der Waals surface area contributed by atoms with E-state index in [1.165, 1.54) is 0 Å². The zero-order valence-corrected chi connectivity index (χ0v) is 10.9. The second kappa shape index (κ2) is 6.43. The van der Waals surface area contributed by atoms with E-state index in [4.69, 9.17) is 4.74 Å². The van der Waals surface area contributed by atoms with E-state index >= 15 is 0 Å². The Balaban J connectivity index is 0. The number of amides is 1. The molecule has 0 aliphatic carbocycles. The van der Waals surface area contributed by atoms with E-state index < -0.39 is 11.7 Å². The van der Waals surface area contributed by atoms with Crippen LogP contribution in [0.4, 0.5) is 4.79 Å². The van der Waals surface area contributed by atoms with Crippen LogP contribution in [0.25, 0.3) is 0 Å². The molecule has 60 valence electrons. The molecular formula is C7H14KNO2. The van der Waals surface area contributed by atoms with Crippen LogP contribution in [-0.2, 0) is 4.74 Å². The van der Waals surface area contributed by atoms with E-state index in [9.17, 15) is 4.79 Å². The predicted octanol–water partition coefficient (Wildman–Crippen LogP) is -1.65. The SMILES string of the molecule is [CH2-]CNC(=O)OC(C)(C)C.[K+]. The van der Waals surface area contributed by atoms with Gasteiger partial charge in [-0.25, -0.2) is 4.79 Å². The van der Waals surface area contributed by atoms with E-state index in [0.29, 0.717) is 6.54 Å². The molecule has 0 spiro atoms. The van der Waals surface area contributed by atoms with E-state index in [1.54, 1.807) is 0 Å². The number of alkyl carbamates (subject to hydrolysis) is 1. The normalized spacial score (nSPS) is 9.82. The number of ether oxygens (including phenoxy) is 1. The minimum absolute atomic E-state index is 0. The van der Waals surface area contributed by atoms with Crippen molar-refractivity contribution >= 4 is 6.09 Å². The van der Waals surface area contributed by atoms with Gasteiger partial charge in [0.1, 0.15) is 5.60 Å². The molecule has 1 N–H and O–H groups in total. The summed E-state index contributed by atoms with van der Waals surface area (Å²) in [6, 6.07) is 0. The summed E-state index contributed by atoms with van der Waals surface area (Å²) < 4.78 is 4.89. The Morgan fingerprint density at radius 1 is 1.55 bits per heavy atom. The van der Waals surface area contributed by atoms with Gasteiger partial charge in [-0.3, -0.25) is 0 Å². The number of carbonyl (C=O) groups excluding carboxylic acids is 1. The Labute approximate surface area is 111 Å². The third-order valence-corrected chi connectivity index (χ3v) is 0.668. The van der Waals surface area contributed by atoms with Crippen molar-refractivity contribution in [3.05, 3.63) is 6.92 Å². The van der Waals surface area contributed by atoms with Gasteiger partial charge in [-0.2, -0.15) is 0 Å². The van der Waals surface area contributed by atoms with Crippen LogP contribution in [0.2, 0.25) is 0 Å². The first kappa shape index (κ1) is 14.4. The van der Waals surface area contributed by atoms with Gasteiger partial charge >= 0.3 is 57.5 Å². The number of hydrogen-bond donors (Lipinski definition) is 1. The van der Waals surface area contributed by atoms with E-state index in [0.717, 1.165) is 0 Å². The molecule has 1 amide bonds. The van der Waals surface area contributed by atoms with Crippen molar-refractivity contribution in [2.24, 2.45) is 0 Å². The predicted molar refractivity (Wildman–Crippen MR) is 39.6 cm³/mol. The third-order valence-electron chi connectivity index (χ3n) is 0.668. The molecule has 0 aliphatic rings. The zero-order chi connectivity index (χ0) is 8.20. The van der Waals surface area contributed by atoms with Crippen molar-refractivity contribution in [3.63, 3.8) is 0 Å². The molecule has 11 heavy (non-hydrogen) atoms. The molecule has 0 aliphatic heterocycles. The smallest absolute Gasteiger partial charge is 0.444 e. The molecule has 0 aromatic carbocycles. The Morgan fingerprint density at radius 2 is 2.00 bits per heavy atom. The maximum Gasteiger partial charge on any atom is 1.00 e. The summed E-state index contributed by atoms with van der Waals surface area (Å²) in [5, 5.41) is 2.43. The average molecular weight is 183 g/mol. The molecule has 0 rings (SSSR count). The molecule has 0 atom stereocenters. The summed E-state index contributed by atoms with van der Waals surface area (Å²) in [4.78, 5) is 10.7. The van der Waals surface area contributed by atoms with Crippen LogP contribution in [-0.4, -0.2) is 18.2 Å². The monoisotopic (exact) mass is 183 g/mol.